The Labute approximate surface area is 117 Å². The van der Waals surface area contributed by atoms with Crippen molar-refractivity contribution in [3.8, 4) is 0 Å². The van der Waals surface area contributed by atoms with E-state index in [4.69, 9.17) is 4.74 Å². The first kappa shape index (κ1) is 16.3. The first-order valence-corrected chi connectivity index (χ1v) is 7.53. The molecule has 1 rings (SSSR count). The second kappa shape index (κ2) is 7.13. The quantitative estimate of drug-likeness (QED) is 0.835. The minimum Gasteiger partial charge on any atom is -0.444 e. The van der Waals surface area contributed by atoms with Gasteiger partial charge < -0.3 is 15.0 Å². The van der Waals surface area contributed by atoms with Crippen LogP contribution in [0.4, 0.5) is 4.79 Å². The van der Waals surface area contributed by atoms with E-state index in [1.54, 1.807) is 0 Å². The second-order valence-electron chi connectivity index (χ2n) is 6.64. The smallest absolute Gasteiger partial charge is 0.410 e. The molecule has 0 radical (unpaired) electrons. The van der Waals surface area contributed by atoms with Crippen molar-refractivity contribution < 1.29 is 9.53 Å². The van der Waals surface area contributed by atoms with Gasteiger partial charge in [0.1, 0.15) is 5.60 Å². The van der Waals surface area contributed by atoms with E-state index in [0.29, 0.717) is 12.0 Å². The lowest BCUT2D eigenvalue weighted by atomic mass is 10.1. The highest BCUT2D eigenvalue weighted by atomic mass is 16.6. The summed E-state index contributed by atoms with van der Waals surface area (Å²) in [6.45, 7) is 12.9. The van der Waals surface area contributed by atoms with Crippen LogP contribution in [0.15, 0.2) is 0 Å². The van der Waals surface area contributed by atoms with Crippen molar-refractivity contribution in [2.45, 2.75) is 65.5 Å². The van der Waals surface area contributed by atoms with Gasteiger partial charge in [-0.2, -0.15) is 0 Å². The molecule has 1 fully saturated rings. The van der Waals surface area contributed by atoms with E-state index in [-0.39, 0.29) is 6.09 Å². The molecule has 1 aliphatic rings. The van der Waals surface area contributed by atoms with Gasteiger partial charge in [0.2, 0.25) is 0 Å². The van der Waals surface area contributed by atoms with E-state index in [2.05, 4.69) is 19.2 Å². The molecule has 0 aromatic rings. The first-order valence-electron chi connectivity index (χ1n) is 7.53. The Morgan fingerprint density at radius 2 is 2.16 bits per heavy atom. The molecular weight excluding hydrogens is 240 g/mol. The van der Waals surface area contributed by atoms with E-state index in [1.807, 2.05) is 25.7 Å². The van der Waals surface area contributed by atoms with E-state index in [1.165, 1.54) is 6.42 Å². The summed E-state index contributed by atoms with van der Waals surface area (Å²) in [6.07, 6.45) is 3.18. The zero-order valence-electron chi connectivity index (χ0n) is 13.2. The van der Waals surface area contributed by atoms with Crippen molar-refractivity contribution in [2.24, 2.45) is 5.92 Å². The molecule has 1 saturated heterocycles. The van der Waals surface area contributed by atoms with Crippen LogP contribution in [0.5, 0.6) is 0 Å². The highest BCUT2D eigenvalue weighted by Gasteiger charge is 2.31. The number of likely N-dealkylation sites (tertiary alicyclic amines) is 1. The summed E-state index contributed by atoms with van der Waals surface area (Å²) in [5, 5.41) is 3.48. The Hall–Kier alpha value is -0.770. The highest BCUT2D eigenvalue weighted by molar-refractivity contribution is 5.69. The van der Waals surface area contributed by atoms with E-state index in [9.17, 15) is 4.79 Å². The molecule has 19 heavy (non-hydrogen) atoms. The summed E-state index contributed by atoms with van der Waals surface area (Å²) >= 11 is 0. The molecule has 1 amide bonds. The largest absolute Gasteiger partial charge is 0.444 e. The molecule has 4 heteroatoms. The fourth-order valence-electron chi connectivity index (χ4n) is 2.25. The molecule has 0 aromatic carbocycles. The monoisotopic (exact) mass is 270 g/mol. The Kier molecular flexibility index (Phi) is 6.11. The molecule has 0 saturated carbocycles. The van der Waals surface area contributed by atoms with Crippen LogP contribution >= 0.6 is 0 Å². The van der Waals surface area contributed by atoms with Gasteiger partial charge in [0.25, 0.3) is 0 Å². The number of ether oxygens (including phenoxy) is 1. The molecule has 112 valence electrons. The average Bonchev–Trinajstić information content (AvgIpc) is 2.75. The molecule has 2 unspecified atom stereocenters. The van der Waals surface area contributed by atoms with Gasteiger partial charge in [-0.25, -0.2) is 4.79 Å². The van der Waals surface area contributed by atoms with Crippen LogP contribution in [0, 0.1) is 5.92 Å². The van der Waals surface area contributed by atoms with Gasteiger partial charge in [-0.1, -0.05) is 20.3 Å². The zero-order valence-corrected chi connectivity index (χ0v) is 13.2. The minimum absolute atomic E-state index is 0.166. The van der Waals surface area contributed by atoms with Gasteiger partial charge in [-0.05, 0) is 46.1 Å². The Balaban J connectivity index is 2.39. The van der Waals surface area contributed by atoms with Crippen LogP contribution in [0.3, 0.4) is 0 Å². The minimum atomic E-state index is -0.408. The number of amides is 1. The number of rotatable bonds is 5. The molecule has 0 aromatic heterocycles. The van der Waals surface area contributed by atoms with Crippen molar-refractivity contribution >= 4 is 6.09 Å². The molecule has 1 aliphatic heterocycles. The van der Waals surface area contributed by atoms with Crippen molar-refractivity contribution in [1.29, 1.82) is 0 Å². The fraction of sp³-hybridized carbons (Fsp3) is 0.933. The third-order valence-electron chi connectivity index (χ3n) is 3.57. The van der Waals surface area contributed by atoms with Crippen LogP contribution in [0.2, 0.25) is 0 Å². The van der Waals surface area contributed by atoms with E-state index in [0.717, 1.165) is 32.5 Å². The zero-order chi connectivity index (χ0) is 14.5. The lowest BCUT2D eigenvalue weighted by Crippen LogP contribution is -2.44. The standard InChI is InChI=1S/C15H30N2O2/c1-6-12(2)10-16-11-13-8-7-9-17(13)14(18)19-15(3,4)5/h12-13,16H,6-11H2,1-5H3. The second-order valence-corrected chi connectivity index (χ2v) is 6.64. The Bertz CT molecular complexity index is 286. The number of carbonyl (C=O) groups is 1. The van der Waals surface area contributed by atoms with Crippen LogP contribution in [0.1, 0.15) is 53.9 Å². The number of carbonyl (C=O) groups excluding carboxylic acids is 1. The SMILES string of the molecule is CCC(C)CNCC1CCCN1C(=O)OC(C)(C)C. The van der Waals surface area contributed by atoms with Gasteiger partial charge >= 0.3 is 6.09 Å². The molecule has 1 heterocycles. The number of hydrogen-bond acceptors (Lipinski definition) is 3. The van der Waals surface area contributed by atoms with Crippen LogP contribution in [-0.4, -0.2) is 42.3 Å². The van der Waals surface area contributed by atoms with Crippen LogP contribution < -0.4 is 5.32 Å². The van der Waals surface area contributed by atoms with Gasteiger partial charge in [-0.3, -0.25) is 0 Å². The number of nitrogens with one attached hydrogen (secondary N) is 1. The van der Waals surface area contributed by atoms with Crippen molar-refractivity contribution in [2.75, 3.05) is 19.6 Å². The molecule has 1 N–H and O–H groups in total. The van der Waals surface area contributed by atoms with E-state index >= 15 is 0 Å². The number of hydrogen-bond donors (Lipinski definition) is 1. The number of nitrogens with zero attached hydrogens (tertiary/aromatic N) is 1. The average molecular weight is 270 g/mol. The van der Waals surface area contributed by atoms with Gasteiger partial charge in [0, 0.05) is 19.1 Å². The lowest BCUT2D eigenvalue weighted by molar-refractivity contribution is 0.0226. The van der Waals surface area contributed by atoms with Crippen molar-refractivity contribution in [1.82, 2.24) is 10.2 Å². The van der Waals surface area contributed by atoms with Crippen molar-refractivity contribution in [3.63, 3.8) is 0 Å². The van der Waals surface area contributed by atoms with Gasteiger partial charge in [0.05, 0.1) is 0 Å². The molecule has 0 aliphatic carbocycles. The Morgan fingerprint density at radius 1 is 1.47 bits per heavy atom. The lowest BCUT2D eigenvalue weighted by Gasteiger charge is -2.29. The summed E-state index contributed by atoms with van der Waals surface area (Å²) in [6, 6.07) is 0.291. The summed E-state index contributed by atoms with van der Waals surface area (Å²) < 4.78 is 5.46. The maximum Gasteiger partial charge on any atom is 0.410 e. The first-order chi connectivity index (χ1) is 8.83. The maximum atomic E-state index is 12.1. The highest BCUT2D eigenvalue weighted by Crippen LogP contribution is 2.20. The van der Waals surface area contributed by atoms with Crippen LogP contribution in [-0.2, 0) is 4.74 Å². The molecule has 0 bridgehead atoms. The van der Waals surface area contributed by atoms with Crippen LogP contribution in [0.25, 0.3) is 0 Å². The summed E-state index contributed by atoms with van der Waals surface area (Å²) in [5.74, 6) is 0.691. The predicted molar refractivity (Wildman–Crippen MR) is 78.3 cm³/mol. The molecular formula is C15H30N2O2. The topological polar surface area (TPSA) is 41.6 Å². The Morgan fingerprint density at radius 3 is 2.74 bits per heavy atom. The molecule has 4 nitrogen and oxygen atoms in total. The molecule has 0 spiro atoms. The van der Waals surface area contributed by atoms with Gasteiger partial charge in [0.15, 0.2) is 0 Å². The fourth-order valence-corrected chi connectivity index (χ4v) is 2.25. The normalized spacial score (nSPS) is 21.5. The molecule has 2 atom stereocenters. The summed E-state index contributed by atoms with van der Waals surface area (Å²) in [4.78, 5) is 14.0. The summed E-state index contributed by atoms with van der Waals surface area (Å²) in [7, 11) is 0. The summed E-state index contributed by atoms with van der Waals surface area (Å²) in [5.41, 5.74) is -0.408. The third kappa shape index (κ3) is 5.81. The van der Waals surface area contributed by atoms with E-state index < -0.39 is 5.60 Å². The van der Waals surface area contributed by atoms with Gasteiger partial charge in [-0.15, -0.1) is 0 Å². The maximum absolute atomic E-state index is 12.1. The predicted octanol–water partition coefficient (Wildman–Crippen LogP) is 3.02. The third-order valence-corrected chi connectivity index (χ3v) is 3.57. The van der Waals surface area contributed by atoms with Crippen molar-refractivity contribution in [3.05, 3.63) is 0 Å².